The van der Waals surface area contributed by atoms with Crippen LogP contribution in [0.25, 0.3) is 0 Å². The zero-order valence-electron chi connectivity index (χ0n) is 9.70. The van der Waals surface area contributed by atoms with Crippen molar-refractivity contribution in [3.05, 3.63) is 34.8 Å². The minimum atomic E-state index is 0.538. The van der Waals surface area contributed by atoms with Gasteiger partial charge in [0, 0.05) is 25.8 Å². The van der Waals surface area contributed by atoms with Crippen LogP contribution in [0.3, 0.4) is 0 Å². The zero-order valence-corrected chi connectivity index (χ0v) is 10.5. The summed E-state index contributed by atoms with van der Waals surface area (Å²) in [4.78, 5) is 2.52. The van der Waals surface area contributed by atoms with Gasteiger partial charge in [0.15, 0.2) is 0 Å². The third-order valence-electron chi connectivity index (χ3n) is 3.36. The van der Waals surface area contributed by atoms with Crippen molar-refractivity contribution in [1.29, 1.82) is 0 Å². The molecule has 0 bridgehead atoms. The van der Waals surface area contributed by atoms with Crippen LogP contribution in [0, 0.1) is 0 Å². The molecule has 2 aromatic heterocycles. The Morgan fingerprint density at radius 1 is 1.35 bits per heavy atom. The normalized spacial score (nSPS) is 18.6. The lowest BCUT2D eigenvalue weighted by Crippen LogP contribution is -2.34. The number of likely N-dealkylation sites (tertiary alicyclic amines) is 1. The smallest absolute Gasteiger partial charge is 0.0693 e. The van der Waals surface area contributed by atoms with Gasteiger partial charge in [-0.2, -0.15) is 11.3 Å². The Kier molecular flexibility index (Phi) is 3.20. The second-order valence-corrected chi connectivity index (χ2v) is 5.30. The molecule has 0 aliphatic carbocycles. The van der Waals surface area contributed by atoms with Crippen LogP contribution in [-0.4, -0.2) is 33.0 Å². The third-order valence-corrected chi connectivity index (χ3v) is 4.09. The first-order valence-corrected chi connectivity index (χ1v) is 6.95. The van der Waals surface area contributed by atoms with Gasteiger partial charge in [-0.15, -0.1) is 5.10 Å². The number of aromatic nitrogens is 3. The summed E-state index contributed by atoms with van der Waals surface area (Å²) in [5, 5.41) is 12.4. The number of hydrogen-bond acceptors (Lipinski definition) is 4. The van der Waals surface area contributed by atoms with E-state index in [0.717, 1.165) is 19.6 Å². The van der Waals surface area contributed by atoms with Crippen LogP contribution < -0.4 is 0 Å². The van der Waals surface area contributed by atoms with Gasteiger partial charge in [-0.25, -0.2) is 4.68 Å². The third kappa shape index (κ3) is 2.56. The van der Waals surface area contributed by atoms with E-state index in [2.05, 4.69) is 32.0 Å². The van der Waals surface area contributed by atoms with Crippen LogP contribution in [0.15, 0.2) is 29.2 Å². The van der Waals surface area contributed by atoms with Gasteiger partial charge in [-0.1, -0.05) is 5.21 Å². The average Bonchev–Trinajstić information content (AvgIpc) is 3.01. The number of rotatable bonds is 3. The summed E-state index contributed by atoms with van der Waals surface area (Å²) in [5.41, 5.74) is 1.44. The van der Waals surface area contributed by atoms with Crippen molar-refractivity contribution < 1.29 is 0 Å². The highest BCUT2D eigenvalue weighted by atomic mass is 32.1. The van der Waals surface area contributed by atoms with E-state index in [4.69, 9.17) is 0 Å². The Morgan fingerprint density at radius 2 is 2.24 bits per heavy atom. The quantitative estimate of drug-likeness (QED) is 0.835. The van der Waals surface area contributed by atoms with Crippen LogP contribution in [-0.2, 0) is 6.54 Å². The van der Waals surface area contributed by atoms with Crippen molar-refractivity contribution in [3.63, 3.8) is 0 Å². The Labute approximate surface area is 105 Å². The van der Waals surface area contributed by atoms with E-state index in [0.29, 0.717) is 6.04 Å². The highest BCUT2D eigenvalue weighted by Crippen LogP contribution is 2.22. The van der Waals surface area contributed by atoms with Gasteiger partial charge in [0.1, 0.15) is 0 Å². The molecule has 1 aliphatic heterocycles. The molecule has 90 valence electrons. The van der Waals surface area contributed by atoms with E-state index in [1.165, 1.54) is 18.4 Å². The molecule has 0 saturated carbocycles. The average molecular weight is 248 g/mol. The fourth-order valence-electron chi connectivity index (χ4n) is 2.39. The van der Waals surface area contributed by atoms with Crippen molar-refractivity contribution in [1.82, 2.24) is 19.9 Å². The van der Waals surface area contributed by atoms with Crippen LogP contribution in [0.4, 0.5) is 0 Å². The van der Waals surface area contributed by atoms with E-state index in [1.807, 2.05) is 10.9 Å². The van der Waals surface area contributed by atoms with Gasteiger partial charge in [0.05, 0.1) is 12.2 Å². The number of hydrogen-bond donors (Lipinski definition) is 0. The SMILES string of the molecule is c1cn(C2CCN(Cc3ccsc3)CC2)nn1. The summed E-state index contributed by atoms with van der Waals surface area (Å²) >= 11 is 1.78. The highest BCUT2D eigenvalue weighted by Gasteiger charge is 2.20. The molecule has 4 nitrogen and oxygen atoms in total. The molecule has 3 rings (SSSR count). The van der Waals surface area contributed by atoms with Crippen molar-refractivity contribution in [2.75, 3.05) is 13.1 Å². The maximum Gasteiger partial charge on any atom is 0.0693 e. The lowest BCUT2D eigenvalue weighted by Gasteiger charge is -2.31. The van der Waals surface area contributed by atoms with Crippen LogP contribution in [0.5, 0.6) is 0 Å². The molecule has 0 spiro atoms. The molecule has 3 heterocycles. The van der Waals surface area contributed by atoms with Gasteiger partial charge >= 0.3 is 0 Å². The van der Waals surface area contributed by atoms with Crippen molar-refractivity contribution in [2.24, 2.45) is 0 Å². The molecule has 17 heavy (non-hydrogen) atoms. The highest BCUT2D eigenvalue weighted by molar-refractivity contribution is 7.07. The largest absolute Gasteiger partial charge is 0.299 e. The van der Waals surface area contributed by atoms with Crippen LogP contribution in [0.2, 0.25) is 0 Å². The molecule has 2 aromatic rings. The summed E-state index contributed by atoms with van der Waals surface area (Å²) in [7, 11) is 0. The molecular formula is C12H16N4S. The first kappa shape index (κ1) is 10.9. The maximum atomic E-state index is 4.09. The van der Waals surface area contributed by atoms with Gasteiger partial charge < -0.3 is 0 Å². The predicted octanol–water partition coefficient (Wildman–Crippen LogP) is 2.18. The summed E-state index contributed by atoms with van der Waals surface area (Å²) in [6, 6.07) is 2.75. The summed E-state index contributed by atoms with van der Waals surface area (Å²) < 4.78 is 2.00. The van der Waals surface area contributed by atoms with Crippen LogP contribution in [0.1, 0.15) is 24.4 Å². The Hall–Kier alpha value is -1.20. The molecule has 1 fully saturated rings. The van der Waals surface area contributed by atoms with Crippen LogP contribution >= 0.6 is 11.3 Å². The topological polar surface area (TPSA) is 34.0 Å². The standard InChI is InChI=1S/C12H16N4S/c1-5-15(9-11-3-8-17-10-11)6-2-12(1)16-7-4-13-14-16/h3-4,7-8,10,12H,1-2,5-6,9H2. The van der Waals surface area contributed by atoms with Gasteiger partial charge in [0.25, 0.3) is 0 Å². The minimum absolute atomic E-state index is 0.538. The molecule has 0 radical (unpaired) electrons. The van der Waals surface area contributed by atoms with Gasteiger partial charge in [-0.05, 0) is 35.2 Å². The summed E-state index contributed by atoms with van der Waals surface area (Å²) in [5.74, 6) is 0. The molecule has 0 unspecified atom stereocenters. The number of nitrogens with zero attached hydrogens (tertiary/aromatic N) is 4. The Balaban J connectivity index is 1.54. The molecular weight excluding hydrogens is 232 g/mol. The fraction of sp³-hybridized carbons (Fsp3) is 0.500. The summed E-state index contributed by atoms with van der Waals surface area (Å²) in [6.07, 6.45) is 6.08. The lowest BCUT2D eigenvalue weighted by atomic mass is 10.0. The number of thiophene rings is 1. The Morgan fingerprint density at radius 3 is 2.88 bits per heavy atom. The molecule has 0 N–H and O–H groups in total. The van der Waals surface area contributed by atoms with Crippen molar-refractivity contribution in [2.45, 2.75) is 25.4 Å². The molecule has 1 aliphatic rings. The monoisotopic (exact) mass is 248 g/mol. The van der Waals surface area contributed by atoms with E-state index in [9.17, 15) is 0 Å². The molecule has 5 heteroatoms. The lowest BCUT2D eigenvalue weighted by molar-refractivity contribution is 0.172. The second kappa shape index (κ2) is 4.98. The first-order chi connectivity index (χ1) is 8.42. The molecule has 1 saturated heterocycles. The number of piperidine rings is 1. The Bertz CT molecular complexity index is 429. The van der Waals surface area contributed by atoms with E-state index in [-0.39, 0.29) is 0 Å². The molecule has 0 atom stereocenters. The van der Waals surface area contributed by atoms with Gasteiger partial charge in [0.2, 0.25) is 0 Å². The summed E-state index contributed by atoms with van der Waals surface area (Å²) in [6.45, 7) is 3.40. The first-order valence-electron chi connectivity index (χ1n) is 6.01. The van der Waals surface area contributed by atoms with E-state index >= 15 is 0 Å². The maximum absolute atomic E-state index is 4.09. The van der Waals surface area contributed by atoms with E-state index < -0.39 is 0 Å². The molecule has 0 amide bonds. The van der Waals surface area contributed by atoms with Crippen molar-refractivity contribution in [3.8, 4) is 0 Å². The fourth-order valence-corrected chi connectivity index (χ4v) is 3.05. The molecule has 0 aromatic carbocycles. The predicted molar refractivity (Wildman–Crippen MR) is 67.9 cm³/mol. The van der Waals surface area contributed by atoms with Gasteiger partial charge in [-0.3, -0.25) is 4.90 Å². The van der Waals surface area contributed by atoms with E-state index in [1.54, 1.807) is 17.5 Å². The second-order valence-electron chi connectivity index (χ2n) is 4.52. The minimum Gasteiger partial charge on any atom is -0.299 e. The zero-order chi connectivity index (χ0) is 11.5. The van der Waals surface area contributed by atoms with Crippen molar-refractivity contribution >= 4 is 11.3 Å².